The molecule has 28 heavy (non-hydrogen) atoms. The molecule has 4 atom stereocenters. The molecule has 0 spiro atoms. The first kappa shape index (κ1) is 18.8. The molecule has 1 aromatic rings. The van der Waals surface area contributed by atoms with Crippen molar-refractivity contribution >= 4 is 45.4 Å². The molecule has 2 saturated heterocycles. The van der Waals surface area contributed by atoms with E-state index in [1.807, 2.05) is 0 Å². The number of halogens is 1. The maximum Gasteiger partial charge on any atom is 0.305 e. The molecule has 3 aliphatic rings. The maximum absolute atomic E-state index is 13.3. The van der Waals surface area contributed by atoms with Crippen LogP contribution in [0.5, 0.6) is 0 Å². The van der Waals surface area contributed by atoms with Gasteiger partial charge in [-0.3, -0.25) is 19.2 Å². The summed E-state index contributed by atoms with van der Waals surface area (Å²) in [6.07, 6.45) is 1.03. The monoisotopic (exact) mass is 449 g/mol. The number of benzene rings is 1. The highest BCUT2D eigenvalue weighted by atomic mass is 79.9. The van der Waals surface area contributed by atoms with E-state index in [-0.39, 0.29) is 0 Å². The first-order valence-corrected chi connectivity index (χ1v) is 9.39. The number of esters is 2. The van der Waals surface area contributed by atoms with E-state index in [0.717, 1.165) is 18.7 Å². The summed E-state index contributed by atoms with van der Waals surface area (Å²) in [6.45, 7) is 2.32. The van der Waals surface area contributed by atoms with Crippen LogP contribution in [0.1, 0.15) is 13.8 Å². The molecule has 3 aliphatic heterocycles. The molecule has 0 unspecified atom stereocenters. The van der Waals surface area contributed by atoms with Gasteiger partial charge in [-0.25, -0.2) is 4.90 Å². The first-order valence-electron chi connectivity index (χ1n) is 8.59. The number of hydrogen-bond acceptors (Lipinski definition) is 7. The zero-order valence-corrected chi connectivity index (χ0v) is 16.5. The number of carbonyl (C=O) groups is 4. The van der Waals surface area contributed by atoms with Crippen LogP contribution in [-0.4, -0.2) is 41.7 Å². The Bertz CT molecular complexity index is 913. The Labute approximate surface area is 168 Å². The molecule has 2 fully saturated rings. The summed E-state index contributed by atoms with van der Waals surface area (Å²) in [6, 6.07) is 6.81. The van der Waals surface area contributed by atoms with Gasteiger partial charge in [-0.2, -0.15) is 0 Å². The van der Waals surface area contributed by atoms with Crippen LogP contribution < -0.4 is 4.90 Å². The Balaban J connectivity index is 1.75. The van der Waals surface area contributed by atoms with Crippen LogP contribution in [0.3, 0.4) is 0 Å². The van der Waals surface area contributed by atoms with Crippen LogP contribution in [0.2, 0.25) is 0 Å². The lowest BCUT2D eigenvalue weighted by Crippen LogP contribution is -2.52. The number of nitrogens with zero attached hydrogens (tertiary/aromatic N) is 1. The zero-order chi connectivity index (χ0) is 20.2. The van der Waals surface area contributed by atoms with Crippen LogP contribution >= 0.6 is 15.9 Å². The fourth-order valence-corrected chi connectivity index (χ4v) is 4.47. The van der Waals surface area contributed by atoms with Crippen molar-refractivity contribution in [1.82, 2.24) is 0 Å². The lowest BCUT2D eigenvalue weighted by Gasteiger charge is -2.34. The lowest BCUT2D eigenvalue weighted by molar-refractivity contribution is -0.226. The second kappa shape index (κ2) is 6.52. The van der Waals surface area contributed by atoms with E-state index >= 15 is 0 Å². The van der Waals surface area contributed by atoms with Gasteiger partial charge in [0, 0.05) is 18.3 Å². The molecular weight excluding hydrogens is 434 g/mol. The Hall–Kier alpha value is -2.52. The average Bonchev–Trinajstić information content (AvgIpc) is 3.25. The molecule has 4 rings (SSSR count). The molecule has 0 N–H and O–H groups in total. The smallest absolute Gasteiger partial charge is 0.305 e. The Morgan fingerprint density at radius 3 is 2.46 bits per heavy atom. The van der Waals surface area contributed by atoms with Gasteiger partial charge in [0.1, 0.15) is 0 Å². The minimum atomic E-state index is -1.54. The maximum atomic E-state index is 13.3. The van der Waals surface area contributed by atoms with Gasteiger partial charge >= 0.3 is 11.9 Å². The number of amides is 2. The fraction of sp³-hybridized carbons (Fsp3) is 0.368. The van der Waals surface area contributed by atoms with Gasteiger partial charge in [0.2, 0.25) is 11.8 Å². The minimum absolute atomic E-state index is 0.409. The van der Waals surface area contributed by atoms with Gasteiger partial charge in [0.05, 0.1) is 23.6 Å². The van der Waals surface area contributed by atoms with Crippen molar-refractivity contribution in [2.75, 3.05) is 4.90 Å². The molecule has 0 aromatic heterocycles. The van der Waals surface area contributed by atoms with Crippen molar-refractivity contribution < 1.29 is 33.4 Å². The van der Waals surface area contributed by atoms with Gasteiger partial charge in [0.25, 0.3) is 6.29 Å². The SMILES string of the molecule is CC(=O)OC(OC(C)=O)[C@]12C=C[C@@H](O1)[C@@H]1C(=O)N(c3cccc(Br)c3)C(=O)[C@@H]12. The highest BCUT2D eigenvalue weighted by Crippen LogP contribution is 2.54. The van der Waals surface area contributed by atoms with Gasteiger partial charge in [-0.1, -0.05) is 28.1 Å². The Kier molecular flexibility index (Phi) is 4.39. The van der Waals surface area contributed by atoms with Crippen molar-refractivity contribution in [3.63, 3.8) is 0 Å². The normalized spacial score (nSPS) is 30.1. The Morgan fingerprint density at radius 2 is 1.86 bits per heavy atom. The van der Waals surface area contributed by atoms with Crippen LogP contribution in [0, 0.1) is 11.8 Å². The van der Waals surface area contributed by atoms with E-state index < -0.39 is 53.6 Å². The van der Waals surface area contributed by atoms with Crippen molar-refractivity contribution in [3.8, 4) is 0 Å². The zero-order valence-electron chi connectivity index (χ0n) is 15.0. The highest BCUT2D eigenvalue weighted by molar-refractivity contribution is 9.10. The molecule has 2 amide bonds. The van der Waals surface area contributed by atoms with E-state index in [1.165, 1.54) is 0 Å². The summed E-state index contributed by atoms with van der Waals surface area (Å²) < 4.78 is 17.0. The number of fused-ring (bicyclic) bond motifs is 5. The highest BCUT2D eigenvalue weighted by Gasteiger charge is 2.72. The van der Waals surface area contributed by atoms with Gasteiger partial charge in [0.15, 0.2) is 5.60 Å². The van der Waals surface area contributed by atoms with Crippen molar-refractivity contribution in [2.45, 2.75) is 31.8 Å². The molecule has 0 saturated carbocycles. The van der Waals surface area contributed by atoms with Gasteiger partial charge < -0.3 is 14.2 Å². The summed E-state index contributed by atoms with van der Waals surface area (Å²) in [5.41, 5.74) is -1.12. The molecule has 1 aromatic carbocycles. The van der Waals surface area contributed by atoms with Crippen molar-refractivity contribution in [3.05, 3.63) is 40.9 Å². The summed E-state index contributed by atoms with van der Waals surface area (Å²) in [5.74, 6) is -4.07. The van der Waals surface area contributed by atoms with E-state index in [1.54, 1.807) is 36.4 Å². The van der Waals surface area contributed by atoms with Crippen LogP contribution in [0.25, 0.3) is 0 Å². The molecule has 9 heteroatoms. The van der Waals surface area contributed by atoms with Gasteiger partial charge in [-0.05, 0) is 24.3 Å². The average molecular weight is 450 g/mol. The number of ether oxygens (including phenoxy) is 3. The first-order chi connectivity index (χ1) is 13.2. The number of rotatable bonds is 4. The third-order valence-electron chi connectivity index (χ3n) is 5.06. The van der Waals surface area contributed by atoms with Crippen LogP contribution in [-0.2, 0) is 33.4 Å². The molecule has 8 nitrogen and oxygen atoms in total. The number of imide groups is 1. The van der Waals surface area contributed by atoms with Crippen molar-refractivity contribution in [2.24, 2.45) is 11.8 Å². The van der Waals surface area contributed by atoms with E-state index in [4.69, 9.17) is 14.2 Å². The molecule has 0 radical (unpaired) electrons. The third-order valence-corrected chi connectivity index (χ3v) is 5.55. The predicted molar refractivity (Wildman–Crippen MR) is 97.7 cm³/mol. The standard InChI is InChI=1S/C19H16BrNO7/c1-9(22)26-18(27-10(2)23)19-7-6-13(28-19)14-15(19)17(25)21(16(14)24)12-5-3-4-11(20)8-12/h3-8,13-15,18H,1-2H3/t13-,14+,15-,19-/m1/s1. The second-order valence-electron chi connectivity index (χ2n) is 6.84. The molecule has 146 valence electrons. The second-order valence-corrected chi connectivity index (χ2v) is 7.76. The summed E-state index contributed by atoms with van der Waals surface area (Å²) in [4.78, 5) is 50.6. The minimum Gasteiger partial charge on any atom is -0.422 e. The topological polar surface area (TPSA) is 99.2 Å². The summed E-state index contributed by atoms with van der Waals surface area (Å²) >= 11 is 3.33. The fourth-order valence-electron chi connectivity index (χ4n) is 4.09. The number of carbonyl (C=O) groups excluding carboxylic acids is 4. The summed E-state index contributed by atoms with van der Waals surface area (Å²) in [5, 5.41) is 0. The van der Waals surface area contributed by atoms with E-state index in [9.17, 15) is 19.2 Å². The van der Waals surface area contributed by atoms with Crippen LogP contribution in [0.15, 0.2) is 40.9 Å². The van der Waals surface area contributed by atoms with E-state index in [2.05, 4.69) is 15.9 Å². The third kappa shape index (κ3) is 2.68. The van der Waals surface area contributed by atoms with Crippen molar-refractivity contribution in [1.29, 1.82) is 0 Å². The molecule has 0 aliphatic carbocycles. The van der Waals surface area contributed by atoms with Gasteiger partial charge in [-0.15, -0.1) is 0 Å². The largest absolute Gasteiger partial charge is 0.422 e. The van der Waals surface area contributed by atoms with Crippen LogP contribution in [0.4, 0.5) is 5.69 Å². The Morgan fingerprint density at radius 1 is 1.18 bits per heavy atom. The summed E-state index contributed by atoms with van der Waals surface area (Å²) in [7, 11) is 0. The quantitative estimate of drug-likeness (QED) is 0.298. The number of anilines is 1. The lowest BCUT2D eigenvalue weighted by atomic mass is 9.76. The number of hydrogen-bond donors (Lipinski definition) is 0. The molecule has 2 bridgehead atoms. The molecular formula is C19H16BrNO7. The van der Waals surface area contributed by atoms with E-state index in [0.29, 0.717) is 10.2 Å². The molecule has 3 heterocycles. The predicted octanol–water partition coefficient (Wildman–Crippen LogP) is 1.71.